The first kappa shape index (κ1) is 20.3. The third-order valence-corrected chi connectivity index (χ3v) is 2.58. The molecule has 0 fully saturated rings. The smallest absolute Gasteiger partial charge is 0.243 e. The maximum absolute atomic E-state index is 11.1. The number of hydrogen-bond donors (Lipinski definition) is 2. The standard InChI is InChI=1S/C16H28N2O4/c1-4-8-15(19)17-10-6-12-21-14(3)22-13-7-11-18-16(20)9-5-2/h4-5,8-9,14H,6-7,10-13H2,1-3H3,(H,17,19)(H,18,20). The summed E-state index contributed by atoms with van der Waals surface area (Å²) in [6.07, 6.45) is 7.54. The summed E-state index contributed by atoms with van der Waals surface area (Å²) in [5, 5.41) is 5.49. The predicted molar refractivity (Wildman–Crippen MR) is 86.2 cm³/mol. The van der Waals surface area contributed by atoms with E-state index in [0.717, 1.165) is 12.8 Å². The van der Waals surface area contributed by atoms with E-state index < -0.39 is 0 Å². The van der Waals surface area contributed by atoms with Crippen LogP contribution in [-0.4, -0.2) is 44.4 Å². The first-order valence-corrected chi connectivity index (χ1v) is 7.64. The molecule has 0 radical (unpaired) electrons. The van der Waals surface area contributed by atoms with Gasteiger partial charge >= 0.3 is 0 Å². The number of hydrogen-bond acceptors (Lipinski definition) is 4. The van der Waals surface area contributed by atoms with Gasteiger partial charge in [0.15, 0.2) is 6.29 Å². The first-order chi connectivity index (χ1) is 10.6. The van der Waals surface area contributed by atoms with Crippen LogP contribution in [0.3, 0.4) is 0 Å². The van der Waals surface area contributed by atoms with Crippen LogP contribution in [0.4, 0.5) is 0 Å². The second-order valence-electron chi connectivity index (χ2n) is 4.60. The fourth-order valence-electron chi connectivity index (χ4n) is 1.53. The predicted octanol–water partition coefficient (Wildman–Crippen LogP) is 1.53. The molecule has 0 aliphatic heterocycles. The lowest BCUT2D eigenvalue weighted by atomic mass is 10.4. The van der Waals surface area contributed by atoms with Crippen molar-refractivity contribution < 1.29 is 19.1 Å². The van der Waals surface area contributed by atoms with Gasteiger partial charge in [-0.25, -0.2) is 0 Å². The van der Waals surface area contributed by atoms with Crippen molar-refractivity contribution in [3.63, 3.8) is 0 Å². The van der Waals surface area contributed by atoms with Crippen molar-refractivity contribution in [2.45, 2.75) is 39.9 Å². The molecular weight excluding hydrogens is 284 g/mol. The van der Waals surface area contributed by atoms with Crippen LogP contribution in [0.25, 0.3) is 0 Å². The van der Waals surface area contributed by atoms with E-state index in [2.05, 4.69) is 10.6 Å². The zero-order valence-corrected chi connectivity index (χ0v) is 13.8. The Morgan fingerprint density at radius 3 is 1.68 bits per heavy atom. The number of rotatable bonds is 12. The molecule has 0 heterocycles. The molecule has 0 aliphatic carbocycles. The largest absolute Gasteiger partial charge is 0.353 e. The average molecular weight is 312 g/mol. The lowest BCUT2D eigenvalue weighted by molar-refractivity contribution is -0.131. The molecule has 0 spiro atoms. The topological polar surface area (TPSA) is 76.7 Å². The van der Waals surface area contributed by atoms with Crippen LogP contribution in [0.15, 0.2) is 24.3 Å². The van der Waals surface area contributed by atoms with E-state index in [0.29, 0.717) is 26.3 Å². The minimum atomic E-state index is -0.294. The second-order valence-corrected chi connectivity index (χ2v) is 4.60. The normalized spacial score (nSPS) is 12.7. The summed E-state index contributed by atoms with van der Waals surface area (Å²) in [6, 6.07) is 0. The van der Waals surface area contributed by atoms with Gasteiger partial charge in [0.25, 0.3) is 0 Å². The molecule has 0 aromatic rings. The summed E-state index contributed by atoms with van der Waals surface area (Å²) in [5.74, 6) is -0.182. The molecule has 0 bridgehead atoms. The van der Waals surface area contributed by atoms with Crippen LogP contribution in [0.2, 0.25) is 0 Å². The van der Waals surface area contributed by atoms with Crippen molar-refractivity contribution in [3.8, 4) is 0 Å². The molecule has 22 heavy (non-hydrogen) atoms. The van der Waals surface area contributed by atoms with Gasteiger partial charge in [0, 0.05) is 13.1 Å². The van der Waals surface area contributed by atoms with Crippen molar-refractivity contribution in [1.82, 2.24) is 10.6 Å². The van der Waals surface area contributed by atoms with Crippen molar-refractivity contribution in [3.05, 3.63) is 24.3 Å². The Kier molecular flexibility index (Phi) is 13.2. The van der Waals surface area contributed by atoms with Crippen molar-refractivity contribution in [2.75, 3.05) is 26.3 Å². The maximum atomic E-state index is 11.1. The molecule has 126 valence electrons. The lowest BCUT2D eigenvalue weighted by Crippen LogP contribution is -2.25. The summed E-state index contributed by atoms with van der Waals surface area (Å²) in [5.41, 5.74) is 0. The van der Waals surface area contributed by atoms with E-state index in [4.69, 9.17) is 9.47 Å². The van der Waals surface area contributed by atoms with Crippen LogP contribution < -0.4 is 10.6 Å². The lowest BCUT2D eigenvalue weighted by Gasteiger charge is -2.14. The Balaban J connectivity index is 3.41. The van der Waals surface area contributed by atoms with E-state index in [1.165, 1.54) is 12.2 Å². The van der Waals surface area contributed by atoms with Crippen LogP contribution in [0.1, 0.15) is 33.6 Å². The summed E-state index contributed by atoms with van der Waals surface area (Å²) >= 11 is 0. The Bertz CT molecular complexity index is 333. The van der Waals surface area contributed by atoms with Crippen LogP contribution in [-0.2, 0) is 19.1 Å². The molecular formula is C16H28N2O4. The average Bonchev–Trinajstić information content (AvgIpc) is 2.47. The number of nitrogens with one attached hydrogen (secondary N) is 2. The molecule has 0 saturated carbocycles. The first-order valence-electron chi connectivity index (χ1n) is 7.64. The van der Waals surface area contributed by atoms with Gasteiger partial charge in [0.1, 0.15) is 0 Å². The molecule has 0 aliphatic rings. The molecule has 2 N–H and O–H groups in total. The maximum Gasteiger partial charge on any atom is 0.243 e. The molecule has 0 unspecified atom stereocenters. The Morgan fingerprint density at radius 2 is 1.32 bits per heavy atom. The van der Waals surface area contributed by atoms with Gasteiger partial charge in [-0.1, -0.05) is 12.2 Å². The van der Waals surface area contributed by atoms with Gasteiger partial charge in [-0.15, -0.1) is 0 Å². The number of carbonyl (C=O) groups excluding carboxylic acids is 2. The molecule has 0 saturated heterocycles. The number of ether oxygens (including phenoxy) is 2. The zero-order valence-electron chi connectivity index (χ0n) is 13.8. The Labute approximate surface area is 132 Å². The quantitative estimate of drug-likeness (QED) is 0.325. The van der Waals surface area contributed by atoms with Crippen molar-refractivity contribution in [2.24, 2.45) is 0 Å². The molecule has 6 nitrogen and oxygen atoms in total. The number of amides is 2. The summed E-state index contributed by atoms with van der Waals surface area (Å²) in [6.45, 7) is 7.63. The summed E-state index contributed by atoms with van der Waals surface area (Å²) in [4.78, 5) is 22.3. The van der Waals surface area contributed by atoms with E-state index in [1.807, 2.05) is 6.92 Å². The van der Waals surface area contributed by atoms with Gasteiger partial charge in [-0.05, 0) is 45.8 Å². The second kappa shape index (κ2) is 14.3. The highest BCUT2D eigenvalue weighted by Crippen LogP contribution is 1.96. The highest BCUT2D eigenvalue weighted by Gasteiger charge is 2.02. The van der Waals surface area contributed by atoms with Crippen LogP contribution >= 0.6 is 0 Å². The Morgan fingerprint density at radius 1 is 0.909 bits per heavy atom. The number of carbonyl (C=O) groups is 2. The molecule has 0 aromatic heterocycles. The number of allylic oxidation sites excluding steroid dienone is 2. The van der Waals surface area contributed by atoms with Gasteiger partial charge < -0.3 is 20.1 Å². The van der Waals surface area contributed by atoms with Crippen LogP contribution in [0, 0.1) is 0 Å². The SMILES string of the molecule is CC=CC(=O)NCCCOC(C)OCCCNC(=O)C=CC. The Hall–Kier alpha value is -1.66. The highest BCUT2D eigenvalue weighted by molar-refractivity contribution is 5.87. The van der Waals surface area contributed by atoms with E-state index >= 15 is 0 Å². The minimum Gasteiger partial charge on any atom is -0.353 e. The van der Waals surface area contributed by atoms with Gasteiger partial charge in [-0.3, -0.25) is 9.59 Å². The molecule has 0 aromatic carbocycles. The summed E-state index contributed by atoms with van der Waals surface area (Å²) in [7, 11) is 0. The van der Waals surface area contributed by atoms with Crippen molar-refractivity contribution >= 4 is 11.8 Å². The van der Waals surface area contributed by atoms with E-state index in [-0.39, 0.29) is 18.1 Å². The highest BCUT2D eigenvalue weighted by atomic mass is 16.7. The van der Waals surface area contributed by atoms with Gasteiger partial charge in [-0.2, -0.15) is 0 Å². The van der Waals surface area contributed by atoms with Crippen molar-refractivity contribution in [1.29, 1.82) is 0 Å². The zero-order chi connectivity index (χ0) is 16.6. The van der Waals surface area contributed by atoms with Crippen LogP contribution in [0.5, 0.6) is 0 Å². The summed E-state index contributed by atoms with van der Waals surface area (Å²) < 4.78 is 10.9. The molecule has 2 amide bonds. The molecule has 6 heteroatoms. The minimum absolute atomic E-state index is 0.0910. The third-order valence-electron chi connectivity index (χ3n) is 2.58. The van der Waals surface area contributed by atoms with E-state index in [9.17, 15) is 9.59 Å². The van der Waals surface area contributed by atoms with Gasteiger partial charge in [0.2, 0.25) is 11.8 Å². The van der Waals surface area contributed by atoms with E-state index in [1.54, 1.807) is 26.0 Å². The molecule has 0 atom stereocenters. The third kappa shape index (κ3) is 13.3. The fraction of sp³-hybridized carbons (Fsp3) is 0.625. The van der Waals surface area contributed by atoms with Gasteiger partial charge in [0.05, 0.1) is 13.2 Å². The fourth-order valence-corrected chi connectivity index (χ4v) is 1.53. The molecule has 0 rings (SSSR count). The monoisotopic (exact) mass is 312 g/mol.